The lowest BCUT2D eigenvalue weighted by Crippen LogP contribution is -2.48. The number of piperidine rings is 1. The first kappa shape index (κ1) is 14.0. The van der Waals surface area contributed by atoms with Gasteiger partial charge in [0.05, 0.1) is 5.56 Å². The fourth-order valence-corrected chi connectivity index (χ4v) is 4.12. The monoisotopic (exact) mass is 290 g/mol. The molecule has 2 aliphatic heterocycles. The van der Waals surface area contributed by atoms with Gasteiger partial charge in [0.2, 0.25) is 0 Å². The zero-order chi connectivity index (χ0) is 14.1. The maximum Gasteiger partial charge on any atom is 0.255 e. The Morgan fingerprint density at radius 1 is 1.25 bits per heavy atom. The van der Waals surface area contributed by atoms with Crippen molar-refractivity contribution in [1.29, 1.82) is 0 Å². The van der Waals surface area contributed by atoms with Crippen LogP contribution in [0, 0.1) is 5.92 Å². The summed E-state index contributed by atoms with van der Waals surface area (Å²) in [7, 11) is 2.16. The number of rotatable bonds is 2. The molecule has 3 rings (SSSR count). The molecule has 2 fully saturated rings. The van der Waals surface area contributed by atoms with Crippen LogP contribution in [0.4, 0.5) is 0 Å². The van der Waals surface area contributed by atoms with Crippen molar-refractivity contribution in [2.45, 2.75) is 23.8 Å². The molecule has 0 bridgehead atoms. The first-order valence-corrected chi connectivity index (χ1v) is 8.55. The molecule has 2 aliphatic rings. The van der Waals surface area contributed by atoms with Gasteiger partial charge in [-0.2, -0.15) is 0 Å². The Kier molecular flexibility index (Phi) is 4.03. The van der Waals surface area contributed by atoms with Crippen LogP contribution in [-0.4, -0.2) is 54.7 Å². The van der Waals surface area contributed by atoms with Gasteiger partial charge in [-0.15, -0.1) is 11.8 Å². The summed E-state index contributed by atoms with van der Waals surface area (Å²) in [5.74, 6) is 0.925. The Morgan fingerprint density at radius 2 is 2.00 bits per heavy atom. The second-order valence-corrected chi connectivity index (χ2v) is 6.71. The Labute approximate surface area is 125 Å². The molecule has 4 heteroatoms. The summed E-state index contributed by atoms with van der Waals surface area (Å²) in [5, 5.41) is 0. The molecule has 20 heavy (non-hydrogen) atoms. The summed E-state index contributed by atoms with van der Waals surface area (Å²) >= 11 is 1.65. The smallest absolute Gasteiger partial charge is 0.255 e. The number of nitrogens with zero attached hydrogens (tertiary/aromatic N) is 2. The first-order chi connectivity index (χ1) is 9.70. The average molecular weight is 290 g/mol. The summed E-state index contributed by atoms with van der Waals surface area (Å²) in [4.78, 5) is 18.4. The highest BCUT2D eigenvalue weighted by molar-refractivity contribution is 7.98. The van der Waals surface area contributed by atoms with Crippen molar-refractivity contribution in [3.8, 4) is 0 Å². The number of thioether (sulfide) groups is 1. The van der Waals surface area contributed by atoms with Crippen molar-refractivity contribution in [3.63, 3.8) is 0 Å². The van der Waals surface area contributed by atoms with Crippen molar-refractivity contribution < 1.29 is 4.79 Å². The van der Waals surface area contributed by atoms with Gasteiger partial charge in [-0.1, -0.05) is 12.1 Å². The Bertz CT molecular complexity index is 505. The molecule has 108 valence electrons. The summed E-state index contributed by atoms with van der Waals surface area (Å²) in [5.41, 5.74) is 0.869. The van der Waals surface area contributed by atoms with Gasteiger partial charge in [0, 0.05) is 24.0 Å². The topological polar surface area (TPSA) is 23.6 Å². The molecule has 2 atom stereocenters. The molecule has 0 N–H and O–H groups in total. The van der Waals surface area contributed by atoms with Crippen molar-refractivity contribution >= 4 is 17.7 Å². The minimum Gasteiger partial charge on any atom is -0.334 e. The molecule has 0 spiro atoms. The van der Waals surface area contributed by atoms with Gasteiger partial charge in [-0.3, -0.25) is 4.79 Å². The normalized spacial score (nSPS) is 26.6. The molecule has 0 saturated carbocycles. The number of likely N-dealkylation sites (N-methyl/N-ethyl adjacent to an activating group) is 1. The number of benzene rings is 1. The van der Waals surface area contributed by atoms with Crippen LogP contribution >= 0.6 is 11.8 Å². The highest BCUT2D eigenvalue weighted by atomic mass is 32.2. The first-order valence-electron chi connectivity index (χ1n) is 7.33. The Hall–Kier alpha value is -1.00. The molecule has 0 aromatic heterocycles. The van der Waals surface area contributed by atoms with Crippen LogP contribution in [0.5, 0.6) is 0 Å². The third-order valence-electron chi connectivity index (χ3n) is 4.66. The lowest BCUT2D eigenvalue weighted by atomic mass is 9.92. The third-order valence-corrected chi connectivity index (χ3v) is 5.46. The number of hydrogen-bond donors (Lipinski definition) is 0. The summed E-state index contributed by atoms with van der Waals surface area (Å²) < 4.78 is 0. The van der Waals surface area contributed by atoms with E-state index in [1.54, 1.807) is 11.8 Å². The Morgan fingerprint density at radius 3 is 2.80 bits per heavy atom. The van der Waals surface area contributed by atoms with Gasteiger partial charge in [-0.25, -0.2) is 0 Å². The molecule has 0 unspecified atom stereocenters. The number of fused-ring (bicyclic) bond motifs is 1. The Balaban J connectivity index is 1.83. The predicted octanol–water partition coefficient (Wildman–Crippen LogP) is 2.57. The highest BCUT2D eigenvalue weighted by Gasteiger charge is 2.40. The lowest BCUT2D eigenvalue weighted by molar-refractivity contribution is 0.0628. The molecular formula is C16H22N2OS. The van der Waals surface area contributed by atoms with E-state index in [2.05, 4.69) is 16.8 Å². The average Bonchev–Trinajstić information content (AvgIpc) is 2.89. The van der Waals surface area contributed by atoms with E-state index in [9.17, 15) is 4.79 Å². The van der Waals surface area contributed by atoms with Crippen molar-refractivity contribution in [2.75, 3.05) is 32.9 Å². The molecule has 1 aromatic rings. The van der Waals surface area contributed by atoms with E-state index in [4.69, 9.17) is 0 Å². The van der Waals surface area contributed by atoms with Crippen LogP contribution < -0.4 is 0 Å². The van der Waals surface area contributed by atoms with E-state index >= 15 is 0 Å². The van der Waals surface area contributed by atoms with Gasteiger partial charge in [0.15, 0.2) is 0 Å². The van der Waals surface area contributed by atoms with Gasteiger partial charge < -0.3 is 9.80 Å². The highest BCUT2D eigenvalue weighted by Crippen LogP contribution is 2.33. The molecule has 1 aromatic carbocycles. The summed E-state index contributed by atoms with van der Waals surface area (Å²) in [6.45, 7) is 3.12. The molecular weight excluding hydrogens is 268 g/mol. The minimum absolute atomic E-state index is 0.220. The second-order valence-electron chi connectivity index (χ2n) is 5.87. The number of likely N-dealkylation sites (tertiary alicyclic amines) is 2. The third kappa shape index (κ3) is 2.47. The maximum atomic E-state index is 12.9. The van der Waals surface area contributed by atoms with Crippen molar-refractivity contribution in [3.05, 3.63) is 29.8 Å². The largest absolute Gasteiger partial charge is 0.334 e. The molecule has 2 saturated heterocycles. The zero-order valence-corrected chi connectivity index (χ0v) is 13.0. The fraction of sp³-hybridized carbons (Fsp3) is 0.562. The lowest BCUT2D eigenvalue weighted by Gasteiger charge is -2.36. The van der Waals surface area contributed by atoms with E-state index < -0.39 is 0 Å². The fourth-order valence-electron chi connectivity index (χ4n) is 3.53. The molecule has 3 nitrogen and oxygen atoms in total. The van der Waals surface area contributed by atoms with Crippen LogP contribution in [0.2, 0.25) is 0 Å². The number of carbonyl (C=O) groups excluding carboxylic acids is 1. The number of hydrogen-bond acceptors (Lipinski definition) is 3. The van der Waals surface area contributed by atoms with E-state index in [-0.39, 0.29) is 5.91 Å². The van der Waals surface area contributed by atoms with Crippen LogP contribution in [0.15, 0.2) is 29.2 Å². The van der Waals surface area contributed by atoms with Gasteiger partial charge in [0.25, 0.3) is 5.91 Å². The van der Waals surface area contributed by atoms with E-state index in [1.165, 1.54) is 19.4 Å². The standard InChI is InChI=1S/C16H22N2OS/c1-17-9-7-12-8-10-18(14(12)11-17)16(19)13-5-3-4-6-15(13)20-2/h3-6,12,14H,7-11H2,1-2H3/t12-,14-/m0/s1. The molecule has 1 amide bonds. The minimum atomic E-state index is 0.220. The second kappa shape index (κ2) is 5.78. The van der Waals surface area contributed by atoms with E-state index in [0.717, 1.165) is 23.5 Å². The van der Waals surface area contributed by atoms with Crippen molar-refractivity contribution in [2.24, 2.45) is 5.92 Å². The van der Waals surface area contributed by atoms with Crippen molar-refractivity contribution in [1.82, 2.24) is 9.80 Å². The van der Waals surface area contributed by atoms with Crippen LogP contribution in [0.3, 0.4) is 0 Å². The van der Waals surface area contributed by atoms with Gasteiger partial charge >= 0.3 is 0 Å². The van der Waals surface area contributed by atoms with Crippen LogP contribution in [0.1, 0.15) is 23.2 Å². The predicted molar refractivity (Wildman–Crippen MR) is 83.3 cm³/mol. The SMILES string of the molecule is CSc1ccccc1C(=O)N1CC[C@@H]2CCN(C)C[C@@H]21. The van der Waals surface area contributed by atoms with Gasteiger partial charge in [-0.05, 0) is 50.7 Å². The number of carbonyl (C=O) groups is 1. The summed E-state index contributed by atoms with van der Waals surface area (Å²) in [6, 6.07) is 8.39. The molecule has 0 radical (unpaired) electrons. The van der Waals surface area contributed by atoms with Gasteiger partial charge in [0.1, 0.15) is 0 Å². The number of amides is 1. The maximum absolute atomic E-state index is 12.9. The summed E-state index contributed by atoms with van der Waals surface area (Å²) in [6.07, 6.45) is 4.44. The molecule has 0 aliphatic carbocycles. The zero-order valence-electron chi connectivity index (χ0n) is 12.2. The van der Waals surface area contributed by atoms with Crippen LogP contribution in [0.25, 0.3) is 0 Å². The van der Waals surface area contributed by atoms with E-state index in [1.807, 2.05) is 30.5 Å². The van der Waals surface area contributed by atoms with E-state index in [0.29, 0.717) is 12.0 Å². The van der Waals surface area contributed by atoms with Crippen LogP contribution in [-0.2, 0) is 0 Å². The molecule has 2 heterocycles. The quantitative estimate of drug-likeness (QED) is 0.782.